The summed E-state index contributed by atoms with van der Waals surface area (Å²) in [5.41, 5.74) is 0.598. The summed E-state index contributed by atoms with van der Waals surface area (Å²) < 4.78 is 14.3. The minimum absolute atomic E-state index is 0.321. The van der Waals surface area contributed by atoms with E-state index in [2.05, 4.69) is 15.9 Å². The van der Waals surface area contributed by atoms with Crippen molar-refractivity contribution in [1.29, 1.82) is 0 Å². The molecule has 0 fully saturated rings. The maximum absolute atomic E-state index is 13.3. The van der Waals surface area contributed by atoms with Crippen molar-refractivity contribution in [2.45, 2.75) is 25.4 Å². The molecule has 1 N–H and O–H groups in total. The van der Waals surface area contributed by atoms with Gasteiger partial charge in [-0.2, -0.15) is 0 Å². The summed E-state index contributed by atoms with van der Waals surface area (Å²) in [6, 6.07) is 14.0. The van der Waals surface area contributed by atoms with E-state index in [1.165, 1.54) is 12.1 Å². The van der Waals surface area contributed by atoms with Crippen LogP contribution >= 0.6 is 15.9 Å². The molecule has 0 spiro atoms. The van der Waals surface area contributed by atoms with Crippen molar-refractivity contribution in [3.63, 3.8) is 0 Å². The largest absolute Gasteiger partial charge is 0.385 e. The maximum Gasteiger partial charge on any atom is 0.123 e. The first-order valence-electron chi connectivity index (χ1n) is 6.26. The van der Waals surface area contributed by atoms with Gasteiger partial charge in [0.1, 0.15) is 5.82 Å². The molecule has 1 atom stereocenters. The first-order chi connectivity index (χ1) is 9.03. The lowest BCUT2D eigenvalue weighted by Gasteiger charge is -2.27. The maximum atomic E-state index is 13.3. The topological polar surface area (TPSA) is 20.2 Å². The summed E-state index contributed by atoms with van der Waals surface area (Å²) in [7, 11) is 0. The van der Waals surface area contributed by atoms with Crippen molar-refractivity contribution in [3.8, 4) is 0 Å². The molecule has 0 amide bonds. The van der Waals surface area contributed by atoms with Crippen LogP contribution in [0.5, 0.6) is 0 Å². The molecule has 0 aromatic heterocycles. The molecule has 0 aliphatic rings. The third kappa shape index (κ3) is 3.43. The predicted molar refractivity (Wildman–Crippen MR) is 78.4 cm³/mol. The average Bonchev–Trinajstić information content (AvgIpc) is 2.38. The third-order valence-corrected chi connectivity index (χ3v) is 3.83. The molecule has 0 bridgehead atoms. The quantitative estimate of drug-likeness (QED) is 0.882. The van der Waals surface area contributed by atoms with Gasteiger partial charge in [-0.1, -0.05) is 47.1 Å². The van der Waals surface area contributed by atoms with E-state index in [0.717, 1.165) is 10.0 Å². The van der Waals surface area contributed by atoms with Crippen molar-refractivity contribution in [3.05, 3.63) is 69.9 Å². The van der Waals surface area contributed by atoms with Gasteiger partial charge in [0, 0.05) is 10.9 Å². The highest BCUT2D eigenvalue weighted by Crippen LogP contribution is 2.30. The predicted octanol–water partition coefficient (Wildman–Crippen LogP) is 4.43. The van der Waals surface area contributed by atoms with E-state index in [4.69, 9.17) is 0 Å². The monoisotopic (exact) mass is 322 g/mol. The van der Waals surface area contributed by atoms with Crippen LogP contribution in [0.3, 0.4) is 0 Å². The smallest absolute Gasteiger partial charge is 0.123 e. The molecule has 0 saturated heterocycles. The molecule has 2 rings (SSSR count). The summed E-state index contributed by atoms with van der Waals surface area (Å²) in [6.07, 6.45) is 0.995. The van der Waals surface area contributed by atoms with Crippen LogP contribution in [-0.4, -0.2) is 5.11 Å². The van der Waals surface area contributed by atoms with E-state index < -0.39 is 5.60 Å². The Kier molecular flexibility index (Phi) is 4.38. The second kappa shape index (κ2) is 5.85. The van der Waals surface area contributed by atoms with Crippen molar-refractivity contribution in [1.82, 2.24) is 0 Å². The molecule has 0 aliphatic heterocycles. The molecule has 1 unspecified atom stereocenters. The highest BCUT2D eigenvalue weighted by atomic mass is 79.9. The molecule has 19 heavy (non-hydrogen) atoms. The van der Waals surface area contributed by atoms with Crippen LogP contribution in [0.1, 0.15) is 24.5 Å². The minimum atomic E-state index is -1.04. The number of halogens is 2. The van der Waals surface area contributed by atoms with E-state index in [-0.39, 0.29) is 5.82 Å². The lowest BCUT2D eigenvalue weighted by atomic mass is 9.85. The molecule has 100 valence electrons. The fourth-order valence-corrected chi connectivity index (χ4v) is 2.64. The fraction of sp³-hybridized carbons (Fsp3) is 0.250. The number of hydrogen-bond donors (Lipinski definition) is 1. The molecular weight excluding hydrogens is 307 g/mol. The molecule has 0 aliphatic carbocycles. The first-order valence-corrected chi connectivity index (χ1v) is 7.06. The lowest BCUT2D eigenvalue weighted by Crippen LogP contribution is -2.27. The van der Waals surface area contributed by atoms with Crippen LogP contribution in [-0.2, 0) is 12.0 Å². The van der Waals surface area contributed by atoms with Crippen LogP contribution in [0.2, 0.25) is 0 Å². The molecule has 0 radical (unpaired) electrons. The first kappa shape index (κ1) is 14.2. The van der Waals surface area contributed by atoms with E-state index in [1.807, 2.05) is 31.2 Å². The molecule has 0 heterocycles. The lowest BCUT2D eigenvalue weighted by molar-refractivity contribution is 0.0324. The van der Waals surface area contributed by atoms with Crippen molar-refractivity contribution < 1.29 is 9.50 Å². The van der Waals surface area contributed by atoms with E-state index >= 15 is 0 Å². The van der Waals surface area contributed by atoms with Gasteiger partial charge in [-0.15, -0.1) is 0 Å². The Labute approximate surface area is 121 Å². The summed E-state index contributed by atoms with van der Waals surface area (Å²) in [5, 5.41) is 10.8. The second-order valence-corrected chi connectivity index (χ2v) is 5.62. The van der Waals surface area contributed by atoms with Gasteiger partial charge in [0.15, 0.2) is 0 Å². The van der Waals surface area contributed by atoms with Crippen LogP contribution in [0.4, 0.5) is 4.39 Å². The highest BCUT2D eigenvalue weighted by Gasteiger charge is 2.27. The standard InChI is InChI=1S/C16H16BrFO/c1-2-16(19,13-6-4-8-15(18)10-13)11-12-5-3-7-14(17)9-12/h3-10,19H,2,11H2,1H3. The van der Waals surface area contributed by atoms with E-state index in [9.17, 15) is 9.50 Å². The zero-order valence-electron chi connectivity index (χ0n) is 10.7. The Bertz CT molecular complexity index is 570. The fourth-order valence-electron chi connectivity index (χ4n) is 2.19. The van der Waals surface area contributed by atoms with Gasteiger partial charge >= 0.3 is 0 Å². The normalized spacial score (nSPS) is 14.1. The van der Waals surface area contributed by atoms with E-state index in [1.54, 1.807) is 12.1 Å². The number of hydrogen-bond acceptors (Lipinski definition) is 1. The van der Waals surface area contributed by atoms with Gasteiger partial charge in [-0.05, 0) is 41.8 Å². The second-order valence-electron chi connectivity index (χ2n) is 4.70. The van der Waals surface area contributed by atoms with Gasteiger partial charge in [0.05, 0.1) is 5.60 Å². The molecule has 0 saturated carbocycles. The van der Waals surface area contributed by atoms with Crippen LogP contribution in [0.15, 0.2) is 53.0 Å². The number of benzene rings is 2. The summed E-state index contributed by atoms with van der Waals surface area (Å²) in [6.45, 7) is 1.91. The Morgan fingerprint density at radius 1 is 1.16 bits per heavy atom. The van der Waals surface area contributed by atoms with Gasteiger partial charge in [-0.25, -0.2) is 4.39 Å². The molecular formula is C16H16BrFO. The SMILES string of the molecule is CCC(O)(Cc1cccc(Br)c1)c1cccc(F)c1. The van der Waals surface area contributed by atoms with Gasteiger partial charge in [0.25, 0.3) is 0 Å². The minimum Gasteiger partial charge on any atom is -0.385 e. The Balaban J connectivity index is 2.32. The number of rotatable bonds is 4. The molecule has 2 aromatic carbocycles. The van der Waals surface area contributed by atoms with E-state index in [0.29, 0.717) is 18.4 Å². The average molecular weight is 323 g/mol. The van der Waals surface area contributed by atoms with Gasteiger partial charge < -0.3 is 5.11 Å². The molecule has 3 heteroatoms. The van der Waals surface area contributed by atoms with Crippen molar-refractivity contribution >= 4 is 15.9 Å². The molecule has 1 nitrogen and oxygen atoms in total. The van der Waals surface area contributed by atoms with Gasteiger partial charge in [-0.3, -0.25) is 0 Å². The van der Waals surface area contributed by atoms with Crippen molar-refractivity contribution in [2.75, 3.05) is 0 Å². The summed E-state index contributed by atoms with van der Waals surface area (Å²) >= 11 is 3.42. The Morgan fingerprint density at radius 3 is 2.53 bits per heavy atom. The summed E-state index contributed by atoms with van der Waals surface area (Å²) in [5.74, 6) is -0.321. The summed E-state index contributed by atoms with van der Waals surface area (Å²) in [4.78, 5) is 0. The van der Waals surface area contributed by atoms with Crippen LogP contribution in [0.25, 0.3) is 0 Å². The Hall–Kier alpha value is -1.19. The third-order valence-electron chi connectivity index (χ3n) is 3.33. The highest BCUT2D eigenvalue weighted by molar-refractivity contribution is 9.10. The van der Waals surface area contributed by atoms with Gasteiger partial charge in [0.2, 0.25) is 0 Å². The van der Waals surface area contributed by atoms with Crippen LogP contribution < -0.4 is 0 Å². The molecule has 2 aromatic rings. The van der Waals surface area contributed by atoms with Crippen molar-refractivity contribution in [2.24, 2.45) is 0 Å². The zero-order chi connectivity index (χ0) is 13.9. The van der Waals surface area contributed by atoms with Crippen LogP contribution in [0, 0.1) is 5.82 Å². The Morgan fingerprint density at radius 2 is 1.89 bits per heavy atom. The zero-order valence-corrected chi connectivity index (χ0v) is 12.3. The number of aliphatic hydroxyl groups is 1.